The maximum atomic E-state index is 13.0. The summed E-state index contributed by atoms with van der Waals surface area (Å²) in [7, 11) is 0. The molecule has 78 valence electrons. The fourth-order valence-corrected chi connectivity index (χ4v) is 1.61. The van der Waals surface area contributed by atoms with Gasteiger partial charge in [0.2, 0.25) is 0 Å². The van der Waals surface area contributed by atoms with E-state index in [1.807, 2.05) is 45.0 Å². The van der Waals surface area contributed by atoms with Crippen molar-refractivity contribution in [3.05, 3.63) is 29.8 Å². The summed E-state index contributed by atoms with van der Waals surface area (Å²) in [5, 5.41) is 0. The number of nitrogen functional groups attached to an aromatic ring is 1. The van der Waals surface area contributed by atoms with Crippen molar-refractivity contribution in [2.45, 2.75) is 26.7 Å². The Balaban J connectivity index is 3.08. The lowest BCUT2D eigenvalue weighted by Crippen LogP contribution is -2.21. The topological polar surface area (TPSA) is 26.0 Å². The van der Waals surface area contributed by atoms with Crippen LogP contribution in [0.2, 0.25) is 0 Å². The second-order valence-electron chi connectivity index (χ2n) is 4.70. The maximum absolute atomic E-state index is 13.0. The average molecular weight is 195 g/mol. The predicted molar refractivity (Wildman–Crippen MR) is 59.0 cm³/mol. The van der Waals surface area contributed by atoms with Gasteiger partial charge >= 0.3 is 0 Å². The van der Waals surface area contributed by atoms with Crippen molar-refractivity contribution >= 4 is 5.69 Å². The first kappa shape index (κ1) is 11.0. The molecule has 0 saturated carbocycles. The third kappa shape index (κ3) is 2.25. The van der Waals surface area contributed by atoms with Crippen LogP contribution in [0.1, 0.15) is 32.3 Å². The van der Waals surface area contributed by atoms with Crippen LogP contribution in [0.15, 0.2) is 24.3 Å². The Morgan fingerprint density at radius 3 is 2.29 bits per heavy atom. The number of halogens is 1. The summed E-state index contributed by atoms with van der Waals surface area (Å²) in [5.41, 5.74) is 7.34. The van der Waals surface area contributed by atoms with E-state index in [2.05, 4.69) is 0 Å². The van der Waals surface area contributed by atoms with Crippen LogP contribution in [0.25, 0.3) is 0 Å². The Hall–Kier alpha value is -1.05. The number of nitrogens with two attached hydrogens (primary N) is 1. The first-order valence-electron chi connectivity index (χ1n) is 4.87. The molecule has 0 radical (unpaired) electrons. The van der Waals surface area contributed by atoms with Crippen LogP contribution in [-0.4, -0.2) is 6.67 Å². The Morgan fingerprint density at radius 2 is 1.86 bits per heavy atom. The number of hydrogen-bond acceptors (Lipinski definition) is 1. The van der Waals surface area contributed by atoms with Gasteiger partial charge in [-0.3, -0.25) is 4.39 Å². The number of anilines is 1. The van der Waals surface area contributed by atoms with Gasteiger partial charge < -0.3 is 5.73 Å². The molecule has 0 aliphatic rings. The van der Waals surface area contributed by atoms with E-state index in [-0.39, 0.29) is 18.0 Å². The molecule has 0 saturated heterocycles. The highest BCUT2D eigenvalue weighted by molar-refractivity contribution is 5.49. The van der Waals surface area contributed by atoms with Gasteiger partial charge in [-0.2, -0.15) is 0 Å². The van der Waals surface area contributed by atoms with E-state index in [9.17, 15) is 4.39 Å². The maximum Gasteiger partial charge on any atom is 0.0968 e. The molecule has 0 aliphatic carbocycles. The highest BCUT2D eigenvalue weighted by Gasteiger charge is 2.27. The summed E-state index contributed by atoms with van der Waals surface area (Å²) < 4.78 is 13.0. The van der Waals surface area contributed by atoms with Crippen molar-refractivity contribution in [2.24, 2.45) is 5.41 Å². The number of para-hydroxylation sites is 1. The molecule has 1 atom stereocenters. The molecule has 2 heteroatoms. The van der Waals surface area contributed by atoms with Crippen molar-refractivity contribution in [2.75, 3.05) is 12.4 Å². The molecule has 1 aromatic carbocycles. The van der Waals surface area contributed by atoms with E-state index in [1.165, 1.54) is 0 Å². The minimum Gasteiger partial charge on any atom is -0.398 e. The molecule has 0 heterocycles. The Morgan fingerprint density at radius 1 is 1.29 bits per heavy atom. The van der Waals surface area contributed by atoms with Crippen LogP contribution >= 0.6 is 0 Å². The monoisotopic (exact) mass is 195 g/mol. The molecule has 0 amide bonds. The summed E-state index contributed by atoms with van der Waals surface area (Å²) in [6.07, 6.45) is 0. The molecule has 0 aliphatic heterocycles. The minimum atomic E-state index is -0.363. The van der Waals surface area contributed by atoms with E-state index >= 15 is 0 Å². The molecule has 0 aromatic heterocycles. The molecule has 0 bridgehead atoms. The second kappa shape index (κ2) is 3.99. The van der Waals surface area contributed by atoms with Gasteiger partial charge in [-0.25, -0.2) is 0 Å². The molecule has 1 unspecified atom stereocenters. The van der Waals surface area contributed by atoms with E-state index in [1.54, 1.807) is 0 Å². The summed E-state index contributed by atoms with van der Waals surface area (Å²) >= 11 is 0. The molecule has 1 aromatic rings. The fourth-order valence-electron chi connectivity index (χ4n) is 1.61. The van der Waals surface area contributed by atoms with Gasteiger partial charge in [0.15, 0.2) is 0 Å². The van der Waals surface area contributed by atoms with Crippen LogP contribution < -0.4 is 5.73 Å². The zero-order chi connectivity index (χ0) is 10.8. The van der Waals surface area contributed by atoms with E-state index in [0.717, 1.165) is 5.56 Å². The van der Waals surface area contributed by atoms with Crippen molar-refractivity contribution in [1.29, 1.82) is 0 Å². The first-order valence-corrected chi connectivity index (χ1v) is 4.87. The zero-order valence-electron chi connectivity index (χ0n) is 9.05. The molecule has 14 heavy (non-hydrogen) atoms. The Kier molecular flexibility index (Phi) is 3.14. The van der Waals surface area contributed by atoms with E-state index in [4.69, 9.17) is 5.73 Å². The van der Waals surface area contributed by atoms with Crippen LogP contribution in [-0.2, 0) is 0 Å². The van der Waals surface area contributed by atoms with Crippen molar-refractivity contribution < 1.29 is 4.39 Å². The highest BCUT2D eigenvalue weighted by Crippen LogP contribution is 2.37. The highest BCUT2D eigenvalue weighted by atomic mass is 19.1. The zero-order valence-corrected chi connectivity index (χ0v) is 9.05. The van der Waals surface area contributed by atoms with Gasteiger partial charge in [-0.15, -0.1) is 0 Å². The molecule has 0 fully saturated rings. The Bertz CT molecular complexity index is 301. The molecule has 1 rings (SSSR count). The van der Waals surface area contributed by atoms with E-state index in [0.29, 0.717) is 5.69 Å². The molecule has 1 nitrogen and oxygen atoms in total. The van der Waals surface area contributed by atoms with Crippen LogP contribution in [0, 0.1) is 5.41 Å². The second-order valence-corrected chi connectivity index (χ2v) is 4.70. The predicted octanol–water partition coefficient (Wildman–Crippen LogP) is 3.37. The average Bonchev–Trinajstić information content (AvgIpc) is 2.07. The van der Waals surface area contributed by atoms with Gasteiger partial charge in [0.05, 0.1) is 6.67 Å². The fraction of sp³-hybridized carbons (Fsp3) is 0.500. The molecule has 0 spiro atoms. The first-order chi connectivity index (χ1) is 6.46. The lowest BCUT2D eigenvalue weighted by Gasteiger charge is -2.29. The van der Waals surface area contributed by atoms with Gasteiger partial charge in [-0.05, 0) is 17.0 Å². The summed E-state index contributed by atoms with van der Waals surface area (Å²) in [5.74, 6) is -0.122. The normalized spacial score (nSPS) is 14.0. The van der Waals surface area contributed by atoms with E-state index < -0.39 is 0 Å². The van der Waals surface area contributed by atoms with Crippen LogP contribution in [0.5, 0.6) is 0 Å². The quantitative estimate of drug-likeness (QED) is 0.719. The standard InChI is InChI=1S/C12H18FN/c1-12(2,3)10(8-13)9-6-4-5-7-11(9)14/h4-7,10H,8,14H2,1-3H3. The largest absolute Gasteiger partial charge is 0.398 e. The SMILES string of the molecule is CC(C)(C)C(CF)c1ccccc1N. The van der Waals surface area contributed by atoms with Crippen molar-refractivity contribution in [3.8, 4) is 0 Å². The van der Waals surface area contributed by atoms with Gasteiger partial charge in [0.1, 0.15) is 0 Å². The lowest BCUT2D eigenvalue weighted by molar-refractivity contribution is 0.263. The minimum absolute atomic E-state index is 0.0930. The van der Waals surface area contributed by atoms with Crippen LogP contribution in [0.3, 0.4) is 0 Å². The number of rotatable bonds is 2. The molecule has 2 N–H and O–H groups in total. The van der Waals surface area contributed by atoms with Crippen LogP contribution in [0.4, 0.5) is 10.1 Å². The Labute approximate surface area is 85.1 Å². The summed E-state index contributed by atoms with van der Waals surface area (Å²) in [6, 6.07) is 7.51. The number of hydrogen-bond donors (Lipinski definition) is 1. The molecular weight excluding hydrogens is 177 g/mol. The van der Waals surface area contributed by atoms with Crippen molar-refractivity contribution in [3.63, 3.8) is 0 Å². The smallest absolute Gasteiger partial charge is 0.0968 e. The van der Waals surface area contributed by atoms with Gasteiger partial charge in [-0.1, -0.05) is 39.0 Å². The third-order valence-corrected chi connectivity index (χ3v) is 2.57. The van der Waals surface area contributed by atoms with Crippen molar-refractivity contribution in [1.82, 2.24) is 0 Å². The third-order valence-electron chi connectivity index (χ3n) is 2.57. The lowest BCUT2D eigenvalue weighted by atomic mass is 9.77. The number of alkyl halides is 1. The van der Waals surface area contributed by atoms with Gasteiger partial charge in [0.25, 0.3) is 0 Å². The molecular formula is C12H18FN. The summed E-state index contributed by atoms with van der Waals surface area (Å²) in [6.45, 7) is 5.73. The number of benzene rings is 1. The summed E-state index contributed by atoms with van der Waals surface area (Å²) in [4.78, 5) is 0. The van der Waals surface area contributed by atoms with Gasteiger partial charge in [0, 0.05) is 11.6 Å².